The molecular weight excluding hydrogens is 294 g/mol. The summed E-state index contributed by atoms with van der Waals surface area (Å²) in [4.78, 5) is 36.8. The van der Waals surface area contributed by atoms with Gasteiger partial charge in [0.2, 0.25) is 0 Å². The molecule has 0 aromatic carbocycles. The molecule has 0 radical (unpaired) electrons. The Morgan fingerprint density at radius 1 is 1.29 bits per heavy atom. The van der Waals surface area contributed by atoms with Crippen LogP contribution in [0.5, 0.6) is 0 Å². The smallest absolute Gasteiger partial charge is 0.319 e. The maximum atomic E-state index is 11.8. The van der Waals surface area contributed by atoms with E-state index in [0.29, 0.717) is 4.88 Å². The number of esters is 1. The number of hydrazine groups is 1. The number of amides is 2. The molecule has 2 amide bonds. The number of methoxy groups -OCH3 is 1. The average Bonchev–Trinajstić information content (AvgIpc) is 2.97. The third-order valence-electron chi connectivity index (χ3n) is 2.70. The van der Waals surface area contributed by atoms with Crippen LogP contribution in [-0.2, 0) is 14.3 Å². The predicted molar refractivity (Wildman–Crippen MR) is 78.7 cm³/mol. The van der Waals surface area contributed by atoms with E-state index in [2.05, 4.69) is 15.6 Å². The fraction of sp³-hybridized carbons (Fsp3) is 0.462. The highest BCUT2D eigenvalue weighted by molar-refractivity contribution is 7.12. The lowest BCUT2D eigenvalue weighted by atomic mass is 10.3. The summed E-state index contributed by atoms with van der Waals surface area (Å²) in [5.41, 5.74) is 4.65. The summed E-state index contributed by atoms with van der Waals surface area (Å²) in [6, 6.07) is 3.39. The Morgan fingerprint density at radius 2 is 2.00 bits per heavy atom. The average molecular weight is 313 g/mol. The van der Waals surface area contributed by atoms with Gasteiger partial charge in [0.15, 0.2) is 0 Å². The molecule has 1 aromatic heterocycles. The number of carbonyl (C=O) groups excluding carboxylic acids is 3. The van der Waals surface area contributed by atoms with E-state index in [9.17, 15) is 14.4 Å². The largest absolute Gasteiger partial charge is 0.468 e. The van der Waals surface area contributed by atoms with Crippen LogP contribution in [0.3, 0.4) is 0 Å². The third kappa shape index (κ3) is 5.92. The Morgan fingerprint density at radius 3 is 2.52 bits per heavy atom. The lowest BCUT2D eigenvalue weighted by Crippen LogP contribution is -2.48. The standard InChI is InChI=1S/C13H19N3O4S/c1-9(2)16(8-12(18)20-3)7-11(17)14-15-13(19)10-5-4-6-21-10/h4-6,9H,7-8H2,1-3H3,(H,14,17)(H,15,19). The molecule has 0 aliphatic heterocycles. The molecule has 0 aliphatic rings. The molecule has 7 nitrogen and oxygen atoms in total. The van der Waals surface area contributed by atoms with Crippen molar-refractivity contribution in [3.63, 3.8) is 0 Å². The van der Waals surface area contributed by atoms with Gasteiger partial charge in [-0.05, 0) is 25.3 Å². The normalized spacial score (nSPS) is 10.5. The van der Waals surface area contributed by atoms with Crippen LogP contribution in [0.1, 0.15) is 23.5 Å². The molecule has 0 saturated heterocycles. The van der Waals surface area contributed by atoms with Gasteiger partial charge in [0.25, 0.3) is 11.8 Å². The highest BCUT2D eigenvalue weighted by Gasteiger charge is 2.18. The zero-order chi connectivity index (χ0) is 15.8. The number of nitrogens with one attached hydrogen (secondary N) is 2. The van der Waals surface area contributed by atoms with E-state index in [1.165, 1.54) is 18.4 Å². The van der Waals surface area contributed by atoms with Crippen LogP contribution in [0.15, 0.2) is 17.5 Å². The van der Waals surface area contributed by atoms with Gasteiger partial charge in [-0.25, -0.2) is 0 Å². The SMILES string of the molecule is COC(=O)CN(CC(=O)NNC(=O)c1cccs1)C(C)C. The van der Waals surface area contributed by atoms with Gasteiger partial charge in [0, 0.05) is 6.04 Å². The molecule has 0 fully saturated rings. The molecule has 0 saturated carbocycles. The molecule has 0 spiro atoms. The van der Waals surface area contributed by atoms with Crippen molar-refractivity contribution in [1.29, 1.82) is 0 Å². The van der Waals surface area contributed by atoms with E-state index >= 15 is 0 Å². The van der Waals surface area contributed by atoms with Crippen LogP contribution in [0.25, 0.3) is 0 Å². The van der Waals surface area contributed by atoms with Crippen molar-refractivity contribution in [2.75, 3.05) is 20.2 Å². The van der Waals surface area contributed by atoms with Crippen molar-refractivity contribution >= 4 is 29.1 Å². The summed E-state index contributed by atoms with van der Waals surface area (Å²) in [6.45, 7) is 3.72. The van der Waals surface area contributed by atoms with Gasteiger partial charge in [-0.1, -0.05) is 6.07 Å². The molecule has 116 valence electrons. The molecule has 0 aliphatic carbocycles. The second-order valence-electron chi connectivity index (χ2n) is 4.55. The molecule has 1 heterocycles. The van der Waals surface area contributed by atoms with Gasteiger partial charge < -0.3 is 4.74 Å². The maximum Gasteiger partial charge on any atom is 0.319 e. The first kappa shape index (κ1) is 17.1. The van der Waals surface area contributed by atoms with Crippen molar-refractivity contribution < 1.29 is 19.1 Å². The summed E-state index contributed by atoms with van der Waals surface area (Å²) in [7, 11) is 1.29. The predicted octanol–water partition coefficient (Wildman–Crippen LogP) is 0.393. The van der Waals surface area contributed by atoms with Crippen LogP contribution in [0.4, 0.5) is 0 Å². The van der Waals surface area contributed by atoms with Gasteiger partial charge in [0.1, 0.15) is 0 Å². The van der Waals surface area contributed by atoms with Crippen molar-refractivity contribution in [3.8, 4) is 0 Å². The van der Waals surface area contributed by atoms with Gasteiger partial charge >= 0.3 is 5.97 Å². The zero-order valence-corrected chi connectivity index (χ0v) is 13.0. The molecular formula is C13H19N3O4S. The van der Waals surface area contributed by atoms with E-state index in [-0.39, 0.29) is 25.0 Å². The van der Waals surface area contributed by atoms with E-state index in [1.54, 1.807) is 22.4 Å². The Labute approximate surface area is 127 Å². The fourth-order valence-corrected chi connectivity index (χ4v) is 2.09. The van der Waals surface area contributed by atoms with E-state index in [1.807, 2.05) is 13.8 Å². The fourth-order valence-electron chi connectivity index (χ4n) is 1.47. The van der Waals surface area contributed by atoms with Crippen LogP contribution in [0, 0.1) is 0 Å². The Bertz CT molecular complexity index is 488. The summed E-state index contributed by atoms with van der Waals surface area (Å²) in [6.07, 6.45) is 0. The quantitative estimate of drug-likeness (QED) is 0.586. The molecule has 21 heavy (non-hydrogen) atoms. The summed E-state index contributed by atoms with van der Waals surface area (Å²) >= 11 is 1.28. The van der Waals surface area contributed by atoms with E-state index in [0.717, 1.165) is 0 Å². The first-order chi connectivity index (χ1) is 9.93. The Balaban J connectivity index is 2.43. The molecule has 2 N–H and O–H groups in total. The lowest BCUT2D eigenvalue weighted by molar-refractivity contribution is -0.142. The highest BCUT2D eigenvalue weighted by Crippen LogP contribution is 2.07. The molecule has 1 rings (SSSR count). The second kappa shape index (κ2) is 8.38. The van der Waals surface area contributed by atoms with Crippen LogP contribution in [0.2, 0.25) is 0 Å². The van der Waals surface area contributed by atoms with Crippen molar-refractivity contribution in [3.05, 3.63) is 22.4 Å². The minimum absolute atomic E-state index is 0.0113. The minimum atomic E-state index is -0.417. The number of hydrogen-bond acceptors (Lipinski definition) is 6. The second-order valence-corrected chi connectivity index (χ2v) is 5.50. The summed E-state index contributed by atoms with van der Waals surface area (Å²) in [5, 5.41) is 1.77. The molecule has 0 atom stereocenters. The molecule has 1 aromatic rings. The summed E-state index contributed by atoms with van der Waals surface area (Å²) in [5.74, 6) is -1.20. The van der Waals surface area contributed by atoms with E-state index < -0.39 is 11.9 Å². The Hall–Kier alpha value is -1.93. The topological polar surface area (TPSA) is 87.7 Å². The number of nitrogens with zero attached hydrogens (tertiary/aromatic N) is 1. The number of ether oxygens (including phenoxy) is 1. The third-order valence-corrected chi connectivity index (χ3v) is 3.57. The maximum absolute atomic E-state index is 11.8. The van der Waals surface area contributed by atoms with E-state index in [4.69, 9.17) is 0 Å². The van der Waals surface area contributed by atoms with Crippen LogP contribution < -0.4 is 10.9 Å². The van der Waals surface area contributed by atoms with Crippen molar-refractivity contribution in [2.24, 2.45) is 0 Å². The number of hydrogen-bond donors (Lipinski definition) is 2. The molecule has 0 unspecified atom stereocenters. The monoisotopic (exact) mass is 313 g/mol. The number of carbonyl (C=O) groups is 3. The molecule has 0 bridgehead atoms. The number of thiophene rings is 1. The zero-order valence-electron chi connectivity index (χ0n) is 12.2. The van der Waals surface area contributed by atoms with Gasteiger partial charge in [-0.3, -0.25) is 30.1 Å². The van der Waals surface area contributed by atoms with Gasteiger partial charge in [-0.2, -0.15) is 0 Å². The minimum Gasteiger partial charge on any atom is -0.468 e. The highest BCUT2D eigenvalue weighted by atomic mass is 32.1. The first-order valence-corrected chi connectivity index (χ1v) is 7.25. The lowest BCUT2D eigenvalue weighted by Gasteiger charge is -2.24. The van der Waals surface area contributed by atoms with Crippen LogP contribution in [-0.4, -0.2) is 48.9 Å². The Kier molecular flexibility index (Phi) is 6.83. The molecule has 8 heteroatoms. The summed E-state index contributed by atoms with van der Waals surface area (Å²) < 4.78 is 4.58. The first-order valence-electron chi connectivity index (χ1n) is 6.37. The van der Waals surface area contributed by atoms with Crippen LogP contribution >= 0.6 is 11.3 Å². The van der Waals surface area contributed by atoms with Gasteiger partial charge in [-0.15, -0.1) is 11.3 Å². The number of rotatable bonds is 6. The van der Waals surface area contributed by atoms with Gasteiger partial charge in [0.05, 0.1) is 25.1 Å². The van der Waals surface area contributed by atoms with Crippen molar-refractivity contribution in [1.82, 2.24) is 15.8 Å². The van der Waals surface area contributed by atoms with Crippen molar-refractivity contribution in [2.45, 2.75) is 19.9 Å².